The maximum absolute atomic E-state index is 11.9. The van der Waals surface area contributed by atoms with Gasteiger partial charge in [0.05, 0.1) is 6.54 Å². The average molecular weight is 336 g/mol. The van der Waals surface area contributed by atoms with Crippen molar-refractivity contribution in [1.82, 2.24) is 15.5 Å². The smallest absolute Gasteiger partial charge is 0.239 e. The van der Waals surface area contributed by atoms with Crippen molar-refractivity contribution >= 4 is 11.7 Å². The molecule has 0 bridgehead atoms. The van der Waals surface area contributed by atoms with Gasteiger partial charge in [-0.3, -0.25) is 9.78 Å². The molecule has 6 nitrogen and oxygen atoms in total. The Morgan fingerprint density at radius 2 is 2.00 bits per heavy atom. The van der Waals surface area contributed by atoms with Crippen LogP contribution in [0.15, 0.2) is 59.4 Å². The van der Waals surface area contributed by atoms with Gasteiger partial charge in [0, 0.05) is 24.5 Å². The lowest BCUT2D eigenvalue weighted by Crippen LogP contribution is -2.30. The number of nitrogens with one attached hydrogen (secondary N) is 2. The van der Waals surface area contributed by atoms with E-state index in [-0.39, 0.29) is 18.5 Å². The van der Waals surface area contributed by atoms with Crippen LogP contribution < -0.4 is 10.6 Å². The van der Waals surface area contributed by atoms with Crippen LogP contribution in [0.3, 0.4) is 0 Å². The Morgan fingerprint density at radius 3 is 2.64 bits per heavy atom. The number of benzene rings is 1. The number of anilines is 1. The summed E-state index contributed by atoms with van der Waals surface area (Å²) in [4.78, 5) is 16.1. The lowest BCUT2D eigenvalue weighted by Gasteiger charge is -2.14. The van der Waals surface area contributed by atoms with Crippen LogP contribution in [0.2, 0.25) is 0 Å². The van der Waals surface area contributed by atoms with Gasteiger partial charge in [-0.1, -0.05) is 35.5 Å². The lowest BCUT2D eigenvalue weighted by molar-refractivity contribution is -0.115. The van der Waals surface area contributed by atoms with Crippen LogP contribution in [0.1, 0.15) is 24.3 Å². The third-order valence-electron chi connectivity index (χ3n) is 3.87. The second-order valence-electron chi connectivity index (χ2n) is 5.84. The SMILES string of the molecule is Cc1cc(NC(=O)CNC(C)c2ccc(-c3cccnc3)cc2)no1. The Balaban J connectivity index is 1.54. The predicted octanol–water partition coefficient (Wildman–Crippen LogP) is 3.33. The van der Waals surface area contributed by atoms with E-state index >= 15 is 0 Å². The van der Waals surface area contributed by atoms with Crippen molar-refractivity contribution in [2.24, 2.45) is 0 Å². The van der Waals surface area contributed by atoms with E-state index in [1.54, 1.807) is 19.2 Å². The molecule has 0 aliphatic rings. The summed E-state index contributed by atoms with van der Waals surface area (Å²) in [5, 5.41) is 9.63. The summed E-state index contributed by atoms with van der Waals surface area (Å²) < 4.78 is 4.92. The van der Waals surface area contributed by atoms with E-state index < -0.39 is 0 Å². The van der Waals surface area contributed by atoms with Crippen LogP contribution in [0.5, 0.6) is 0 Å². The molecule has 6 heteroatoms. The van der Waals surface area contributed by atoms with Crippen LogP contribution in [0, 0.1) is 6.92 Å². The van der Waals surface area contributed by atoms with Gasteiger partial charge in [0.25, 0.3) is 0 Å². The Kier molecular flexibility index (Phi) is 5.20. The van der Waals surface area contributed by atoms with Gasteiger partial charge in [-0.2, -0.15) is 0 Å². The third-order valence-corrected chi connectivity index (χ3v) is 3.87. The molecule has 0 saturated heterocycles. The van der Waals surface area contributed by atoms with Gasteiger partial charge >= 0.3 is 0 Å². The first kappa shape index (κ1) is 16.9. The minimum atomic E-state index is -0.160. The number of nitrogens with zero attached hydrogens (tertiary/aromatic N) is 2. The highest BCUT2D eigenvalue weighted by Crippen LogP contribution is 2.21. The molecule has 0 aliphatic carbocycles. The summed E-state index contributed by atoms with van der Waals surface area (Å²) in [7, 11) is 0. The predicted molar refractivity (Wildman–Crippen MR) is 96.0 cm³/mol. The summed E-state index contributed by atoms with van der Waals surface area (Å²) in [6.07, 6.45) is 3.60. The largest absolute Gasteiger partial charge is 0.360 e. The number of amides is 1. The van der Waals surface area contributed by atoms with E-state index in [2.05, 4.69) is 45.0 Å². The van der Waals surface area contributed by atoms with Gasteiger partial charge in [-0.25, -0.2) is 0 Å². The molecular formula is C19H20N4O2. The van der Waals surface area contributed by atoms with Crippen molar-refractivity contribution in [3.8, 4) is 11.1 Å². The molecule has 0 saturated carbocycles. The van der Waals surface area contributed by atoms with Crippen LogP contribution in [-0.2, 0) is 4.79 Å². The van der Waals surface area contributed by atoms with Crippen molar-refractivity contribution in [1.29, 1.82) is 0 Å². The molecule has 2 heterocycles. The lowest BCUT2D eigenvalue weighted by atomic mass is 10.0. The summed E-state index contributed by atoms with van der Waals surface area (Å²) in [5.74, 6) is 0.926. The second-order valence-corrected chi connectivity index (χ2v) is 5.84. The van der Waals surface area contributed by atoms with E-state index in [9.17, 15) is 4.79 Å². The van der Waals surface area contributed by atoms with E-state index in [1.807, 2.05) is 25.3 Å². The van der Waals surface area contributed by atoms with Crippen molar-refractivity contribution in [3.63, 3.8) is 0 Å². The molecule has 3 rings (SSSR count). The van der Waals surface area contributed by atoms with Gasteiger partial charge in [0.1, 0.15) is 5.76 Å². The van der Waals surface area contributed by atoms with E-state index in [0.717, 1.165) is 16.7 Å². The first-order valence-corrected chi connectivity index (χ1v) is 8.09. The molecule has 0 spiro atoms. The molecular weight excluding hydrogens is 316 g/mol. The fraction of sp³-hybridized carbons (Fsp3) is 0.211. The van der Waals surface area contributed by atoms with Crippen molar-refractivity contribution in [2.75, 3.05) is 11.9 Å². The van der Waals surface area contributed by atoms with Crippen LogP contribution >= 0.6 is 0 Å². The normalized spacial score (nSPS) is 11.9. The molecule has 1 atom stereocenters. The summed E-state index contributed by atoms with van der Waals surface area (Å²) >= 11 is 0. The Bertz CT molecular complexity index is 828. The van der Waals surface area contributed by atoms with E-state index in [4.69, 9.17) is 4.52 Å². The van der Waals surface area contributed by atoms with Crippen LogP contribution in [0.4, 0.5) is 5.82 Å². The molecule has 2 N–H and O–H groups in total. The molecule has 0 fully saturated rings. The molecule has 0 radical (unpaired) electrons. The molecule has 0 aliphatic heterocycles. The molecule has 3 aromatic rings. The number of hydrogen-bond acceptors (Lipinski definition) is 5. The third kappa shape index (κ3) is 4.51. The summed E-state index contributed by atoms with van der Waals surface area (Å²) in [6.45, 7) is 3.99. The maximum atomic E-state index is 11.9. The quantitative estimate of drug-likeness (QED) is 0.722. The monoisotopic (exact) mass is 336 g/mol. The number of rotatable bonds is 6. The molecule has 1 unspecified atom stereocenters. The van der Waals surface area contributed by atoms with E-state index in [1.165, 1.54) is 0 Å². The Labute approximate surface area is 146 Å². The molecule has 1 aromatic carbocycles. The zero-order chi connectivity index (χ0) is 17.6. The van der Waals surface area contributed by atoms with Crippen molar-refractivity contribution in [2.45, 2.75) is 19.9 Å². The highest BCUT2D eigenvalue weighted by Gasteiger charge is 2.10. The van der Waals surface area contributed by atoms with Crippen molar-refractivity contribution < 1.29 is 9.32 Å². The number of pyridine rings is 1. The van der Waals surface area contributed by atoms with Gasteiger partial charge < -0.3 is 15.2 Å². The van der Waals surface area contributed by atoms with Gasteiger partial charge in [-0.05, 0) is 36.6 Å². The molecule has 128 valence electrons. The van der Waals surface area contributed by atoms with Crippen molar-refractivity contribution in [3.05, 3.63) is 66.2 Å². The topological polar surface area (TPSA) is 80.0 Å². The van der Waals surface area contributed by atoms with Crippen LogP contribution in [-0.4, -0.2) is 22.6 Å². The molecule has 25 heavy (non-hydrogen) atoms. The Hall–Kier alpha value is -2.99. The minimum Gasteiger partial charge on any atom is -0.360 e. The highest BCUT2D eigenvalue weighted by atomic mass is 16.5. The maximum Gasteiger partial charge on any atom is 0.239 e. The summed E-state index contributed by atoms with van der Waals surface area (Å²) in [6, 6.07) is 13.9. The fourth-order valence-corrected chi connectivity index (χ4v) is 2.47. The Morgan fingerprint density at radius 1 is 1.20 bits per heavy atom. The second kappa shape index (κ2) is 7.72. The molecule has 1 amide bonds. The highest BCUT2D eigenvalue weighted by molar-refractivity contribution is 5.91. The van der Waals surface area contributed by atoms with Gasteiger partial charge in [0.2, 0.25) is 5.91 Å². The van der Waals surface area contributed by atoms with Crippen LogP contribution in [0.25, 0.3) is 11.1 Å². The number of carbonyl (C=O) groups excluding carboxylic acids is 1. The average Bonchev–Trinajstić information content (AvgIpc) is 3.05. The fourth-order valence-electron chi connectivity index (χ4n) is 2.47. The number of carbonyl (C=O) groups is 1. The van der Waals surface area contributed by atoms with Gasteiger partial charge in [-0.15, -0.1) is 0 Å². The first-order valence-electron chi connectivity index (χ1n) is 8.09. The number of aromatic nitrogens is 2. The number of hydrogen-bond donors (Lipinski definition) is 2. The standard InChI is InChI=1S/C19H20N4O2/c1-13-10-18(23-25-13)22-19(24)12-21-14(2)15-5-7-16(8-6-15)17-4-3-9-20-11-17/h3-11,14,21H,12H2,1-2H3,(H,22,23,24). The summed E-state index contributed by atoms with van der Waals surface area (Å²) in [5.41, 5.74) is 3.30. The van der Waals surface area contributed by atoms with Gasteiger partial charge in [0.15, 0.2) is 5.82 Å². The number of aryl methyl sites for hydroxylation is 1. The zero-order valence-corrected chi connectivity index (χ0v) is 14.2. The first-order chi connectivity index (χ1) is 12.1. The molecule has 2 aromatic heterocycles. The minimum absolute atomic E-state index is 0.0488. The van der Waals surface area contributed by atoms with E-state index in [0.29, 0.717) is 11.6 Å². The zero-order valence-electron chi connectivity index (χ0n) is 14.2.